The van der Waals surface area contributed by atoms with Crippen molar-refractivity contribution < 1.29 is 5.11 Å². The summed E-state index contributed by atoms with van der Waals surface area (Å²) < 4.78 is 0. The van der Waals surface area contributed by atoms with Gasteiger partial charge in [0.2, 0.25) is 0 Å². The van der Waals surface area contributed by atoms with E-state index in [1.54, 1.807) is 12.1 Å². The van der Waals surface area contributed by atoms with Crippen molar-refractivity contribution in [2.75, 3.05) is 32.7 Å². The minimum Gasteiger partial charge on any atom is -0.369 e. The molecule has 0 radical (unpaired) electrons. The minimum absolute atomic E-state index is 0.582. The van der Waals surface area contributed by atoms with Crippen molar-refractivity contribution in [3.8, 4) is 6.07 Å². The quantitative estimate of drug-likeness (QED) is 0.862. The summed E-state index contributed by atoms with van der Waals surface area (Å²) in [5.41, 5.74) is 5.26. The van der Waals surface area contributed by atoms with Crippen LogP contribution in [0.4, 0.5) is 0 Å². The number of nitriles is 1. The third kappa shape index (κ3) is 3.81. The van der Waals surface area contributed by atoms with Crippen LogP contribution in [0, 0.1) is 11.3 Å². The molecule has 2 aliphatic heterocycles. The first-order valence-electron chi connectivity index (χ1n) is 9.91. The van der Waals surface area contributed by atoms with Gasteiger partial charge < -0.3 is 15.3 Å². The third-order valence-electron chi connectivity index (χ3n) is 5.72. The van der Waals surface area contributed by atoms with E-state index in [1.165, 1.54) is 5.56 Å². The standard InChI is InChI=1S/C23H26N4O/c1-2-26-10-12-27(13-11-26)16-17-6-8-18(9-7-17)22-14-21-19(15-24)4-3-5-20(21)23(28)25-22/h3-9,14,23,25,28H,2,10-13,16H2,1H3. The van der Waals surface area contributed by atoms with Crippen LogP contribution in [0.5, 0.6) is 0 Å². The van der Waals surface area contributed by atoms with Gasteiger partial charge in [0.1, 0.15) is 0 Å². The Kier molecular flexibility index (Phi) is 5.45. The molecule has 0 amide bonds. The summed E-state index contributed by atoms with van der Waals surface area (Å²) in [6.45, 7) is 8.83. The first kappa shape index (κ1) is 18.7. The number of fused-ring (bicyclic) bond motifs is 1. The molecule has 0 spiro atoms. The number of hydrogen-bond donors (Lipinski definition) is 2. The van der Waals surface area contributed by atoms with Gasteiger partial charge in [0.25, 0.3) is 0 Å². The van der Waals surface area contributed by atoms with Crippen molar-refractivity contribution in [2.24, 2.45) is 0 Å². The van der Waals surface area contributed by atoms with Gasteiger partial charge in [-0.25, -0.2) is 0 Å². The van der Waals surface area contributed by atoms with Crippen LogP contribution in [0.25, 0.3) is 11.8 Å². The molecule has 0 aliphatic carbocycles. The number of benzene rings is 2. The van der Waals surface area contributed by atoms with Crippen LogP contribution in [-0.4, -0.2) is 47.6 Å². The van der Waals surface area contributed by atoms with E-state index in [0.29, 0.717) is 5.56 Å². The molecule has 28 heavy (non-hydrogen) atoms. The van der Waals surface area contributed by atoms with Crippen LogP contribution in [0.2, 0.25) is 0 Å². The molecule has 1 atom stereocenters. The Labute approximate surface area is 166 Å². The molecule has 5 nitrogen and oxygen atoms in total. The van der Waals surface area contributed by atoms with Gasteiger partial charge in [0.05, 0.1) is 11.6 Å². The van der Waals surface area contributed by atoms with Crippen LogP contribution in [0.3, 0.4) is 0 Å². The molecule has 1 fully saturated rings. The molecule has 2 aromatic carbocycles. The van der Waals surface area contributed by atoms with E-state index < -0.39 is 6.23 Å². The average Bonchev–Trinajstić information content (AvgIpc) is 2.74. The Morgan fingerprint density at radius 2 is 1.79 bits per heavy atom. The number of aliphatic hydroxyl groups is 1. The van der Waals surface area contributed by atoms with Crippen molar-refractivity contribution >= 4 is 11.8 Å². The number of piperazine rings is 1. The fourth-order valence-corrected chi connectivity index (χ4v) is 3.97. The molecule has 5 heteroatoms. The number of likely N-dealkylation sites (N-methyl/N-ethyl adjacent to an activating group) is 1. The maximum Gasteiger partial charge on any atom is 0.151 e. The van der Waals surface area contributed by atoms with Crippen LogP contribution < -0.4 is 5.32 Å². The molecule has 1 saturated heterocycles. The Balaban J connectivity index is 1.50. The highest BCUT2D eigenvalue weighted by molar-refractivity contribution is 5.85. The molecule has 2 N–H and O–H groups in total. The van der Waals surface area contributed by atoms with E-state index in [-0.39, 0.29) is 0 Å². The second kappa shape index (κ2) is 8.15. The smallest absolute Gasteiger partial charge is 0.151 e. The van der Waals surface area contributed by atoms with Gasteiger partial charge in [-0.05, 0) is 29.8 Å². The van der Waals surface area contributed by atoms with E-state index >= 15 is 0 Å². The maximum atomic E-state index is 10.5. The molecule has 1 unspecified atom stereocenters. The molecule has 144 valence electrons. The summed E-state index contributed by atoms with van der Waals surface area (Å²) in [7, 11) is 0. The lowest BCUT2D eigenvalue weighted by atomic mass is 9.94. The van der Waals surface area contributed by atoms with Gasteiger partial charge in [-0.15, -0.1) is 0 Å². The highest BCUT2D eigenvalue weighted by atomic mass is 16.3. The first-order valence-corrected chi connectivity index (χ1v) is 9.91. The fraction of sp³-hybridized carbons (Fsp3) is 0.348. The van der Waals surface area contributed by atoms with E-state index in [0.717, 1.165) is 61.7 Å². The van der Waals surface area contributed by atoms with Crippen molar-refractivity contribution in [1.29, 1.82) is 5.26 Å². The number of nitrogens with one attached hydrogen (secondary N) is 1. The SMILES string of the molecule is CCN1CCN(Cc2ccc(C3=Cc4c(C#N)cccc4C(O)N3)cc2)CC1. The highest BCUT2D eigenvalue weighted by Gasteiger charge is 2.21. The topological polar surface area (TPSA) is 62.5 Å². The van der Waals surface area contributed by atoms with Gasteiger partial charge in [0, 0.05) is 49.5 Å². The summed E-state index contributed by atoms with van der Waals surface area (Å²) >= 11 is 0. The number of rotatable bonds is 4. The highest BCUT2D eigenvalue weighted by Crippen LogP contribution is 2.31. The second-order valence-electron chi connectivity index (χ2n) is 7.43. The van der Waals surface area contributed by atoms with Crippen molar-refractivity contribution in [3.63, 3.8) is 0 Å². The second-order valence-corrected chi connectivity index (χ2v) is 7.43. The van der Waals surface area contributed by atoms with Crippen LogP contribution in [0.1, 0.15) is 41.0 Å². The average molecular weight is 374 g/mol. The van der Waals surface area contributed by atoms with Crippen molar-refractivity contribution in [3.05, 3.63) is 70.3 Å². The van der Waals surface area contributed by atoms with Crippen molar-refractivity contribution in [1.82, 2.24) is 15.1 Å². The van der Waals surface area contributed by atoms with Crippen molar-refractivity contribution in [2.45, 2.75) is 19.7 Å². The Morgan fingerprint density at radius 3 is 2.46 bits per heavy atom. The van der Waals surface area contributed by atoms with Gasteiger partial charge in [0.15, 0.2) is 6.23 Å². The first-order chi connectivity index (χ1) is 13.7. The summed E-state index contributed by atoms with van der Waals surface area (Å²) in [6.07, 6.45) is 1.15. The van der Waals surface area contributed by atoms with E-state index in [1.807, 2.05) is 12.1 Å². The van der Waals surface area contributed by atoms with Crippen LogP contribution >= 0.6 is 0 Å². The van der Waals surface area contributed by atoms with E-state index in [2.05, 4.69) is 52.4 Å². The lowest BCUT2D eigenvalue weighted by molar-refractivity contribution is 0.132. The molecular weight excluding hydrogens is 348 g/mol. The molecule has 0 aromatic heterocycles. The summed E-state index contributed by atoms with van der Waals surface area (Å²) in [6, 6.07) is 16.1. The summed E-state index contributed by atoms with van der Waals surface area (Å²) in [4.78, 5) is 4.98. The molecule has 0 bridgehead atoms. The van der Waals surface area contributed by atoms with Gasteiger partial charge in [-0.3, -0.25) is 4.90 Å². The number of aliphatic hydroxyl groups excluding tert-OH is 1. The fourth-order valence-electron chi connectivity index (χ4n) is 3.97. The molecule has 2 aromatic rings. The maximum absolute atomic E-state index is 10.5. The number of hydrogen-bond acceptors (Lipinski definition) is 5. The Morgan fingerprint density at radius 1 is 1.07 bits per heavy atom. The van der Waals surface area contributed by atoms with Crippen LogP contribution in [0.15, 0.2) is 42.5 Å². The summed E-state index contributed by atoms with van der Waals surface area (Å²) in [5, 5.41) is 23.0. The zero-order valence-electron chi connectivity index (χ0n) is 16.2. The van der Waals surface area contributed by atoms with E-state index in [9.17, 15) is 10.4 Å². The number of nitrogens with zero attached hydrogens (tertiary/aromatic N) is 3. The molecule has 0 saturated carbocycles. The summed E-state index contributed by atoms with van der Waals surface area (Å²) in [5.74, 6) is 0. The predicted molar refractivity (Wildman–Crippen MR) is 111 cm³/mol. The van der Waals surface area contributed by atoms with Gasteiger partial charge >= 0.3 is 0 Å². The van der Waals surface area contributed by atoms with Gasteiger partial charge in [-0.2, -0.15) is 5.26 Å². The molecule has 4 rings (SSSR count). The largest absolute Gasteiger partial charge is 0.369 e. The molecule has 2 aliphatic rings. The minimum atomic E-state index is -0.808. The lowest BCUT2D eigenvalue weighted by Crippen LogP contribution is -2.45. The normalized spacial score (nSPS) is 20.0. The molecular formula is C23H26N4O. The zero-order chi connectivity index (χ0) is 19.5. The lowest BCUT2D eigenvalue weighted by Gasteiger charge is -2.34. The Bertz CT molecular complexity index is 905. The third-order valence-corrected chi connectivity index (χ3v) is 5.72. The predicted octanol–water partition coefficient (Wildman–Crippen LogP) is 2.79. The zero-order valence-corrected chi connectivity index (χ0v) is 16.2. The monoisotopic (exact) mass is 374 g/mol. The molecule has 2 heterocycles. The Hall–Kier alpha value is -2.65. The van der Waals surface area contributed by atoms with Gasteiger partial charge in [-0.1, -0.05) is 43.3 Å². The van der Waals surface area contributed by atoms with E-state index in [4.69, 9.17) is 0 Å². The van der Waals surface area contributed by atoms with Crippen LogP contribution in [-0.2, 0) is 6.54 Å².